The van der Waals surface area contributed by atoms with Gasteiger partial charge in [0.15, 0.2) is 0 Å². The molecule has 0 radical (unpaired) electrons. The SMILES string of the molecule is CN1C(=O)C(CCC(=O)NCCCO)(Cc2ccccc2)c2ccccc21. The van der Waals surface area contributed by atoms with Crippen molar-refractivity contribution in [3.05, 3.63) is 65.7 Å². The van der Waals surface area contributed by atoms with Crippen LogP contribution in [0.25, 0.3) is 0 Å². The van der Waals surface area contributed by atoms with E-state index in [0.29, 0.717) is 25.8 Å². The first kappa shape index (κ1) is 19.1. The Kier molecular flexibility index (Phi) is 5.91. The van der Waals surface area contributed by atoms with Crippen molar-refractivity contribution in [2.45, 2.75) is 31.1 Å². The Morgan fingerprint density at radius 1 is 1.11 bits per heavy atom. The number of amides is 2. The fraction of sp³-hybridized carbons (Fsp3) is 0.364. The Morgan fingerprint density at radius 3 is 2.56 bits per heavy atom. The van der Waals surface area contributed by atoms with Crippen LogP contribution < -0.4 is 10.2 Å². The Labute approximate surface area is 160 Å². The van der Waals surface area contributed by atoms with Crippen LogP contribution in [0.4, 0.5) is 5.69 Å². The first-order chi connectivity index (χ1) is 13.1. The fourth-order valence-corrected chi connectivity index (χ4v) is 3.88. The first-order valence-corrected chi connectivity index (χ1v) is 9.37. The third-order valence-electron chi connectivity index (χ3n) is 5.28. The molecule has 5 heteroatoms. The highest BCUT2D eigenvalue weighted by Crippen LogP contribution is 2.46. The van der Waals surface area contributed by atoms with E-state index in [4.69, 9.17) is 5.11 Å². The number of nitrogens with one attached hydrogen (secondary N) is 1. The predicted octanol–water partition coefficient (Wildman–Crippen LogP) is 2.42. The van der Waals surface area contributed by atoms with Crippen molar-refractivity contribution < 1.29 is 14.7 Å². The number of fused-ring (bicyclic) bond motifs is 1. The number of benzene rings is 2. The monoisotopic (exact) mass is 366 g/mol. The summed E-state index contributed by atoms with van der Waals surface area (Å²) in [5, 5.41) is 11.7. The molecule has 1 heterocycles. The second-order valence-corrected chi connectivity index (χ2v) is 7.05. The largest absolute Gasteiger partial charge is 0.396 e. The summed E-state index contributed by atoms with van der Waals surface area (Å²) >= 11 is 0. The van der Waals surface area contributed by atoms with Gasteiger partial charge in [-0.15, -0.1) is 0 Å². The highest BCUT2D eigenvalue weighted by Gasteiger charge is 2.49. The van der Waals surface area contributed by atoms with Crippen LogP contribution in [0.3, 0.4) is 0 Å². The van der Waals surface area contributed by atoms with Crippen molar-refractivity contribution in [3.8, 4) is 0 Å². The molecule has 142 valence electrons. The molecule has 2 N–H and O–H groups in total. The lowest BCUT2D eigenvalue weighted by atomic mass is 9.73. The van der Waals surface area contributed by atoms with Crippen molar-refractivity contribution in [3.63, 3.8) is 0 Å². The Bertz CT molecular complexity index is 806. The summed E-state index contributed by atoms with van der Waals surface area (Å²) in [6.07, 6.45) is 1.82. The standard InChI is InChI=1S/C22H26N2O3/c1-24-19-11-6-5-10-18(19)22(21(24)27,16-17-8-3-2-4-9-17)13-12-20(26)23-14-7-15-25/h2-6,8-11,25H,7,12-16H2,1H3,(H,23,26). The number of carbonyl (C=O) groups excluding carboxylic acids is 2. The summed E-state index contributed by atoms with van der Waals surface area (Å²) in [7, 11) is 1.80. The van der Waals surface area contributed by atoms with Crippen LogP contribution in [0.2, 0.25) is 0 Å². The molecule has 5 nitrogen and oxygen atoms in total. The van der Waals surface area contributed by atoms with Gasteiger partial charge in [-0.2, -0.15) is 0 Å². The van der Waals surface area contributed by atoms with Gasteiger partial charge in [-0.1, -0.05) is 48.5 Å². The Hall–Kier alpha value is -2.66. The second kappa shape index (κ2) is 8.35. The van der Waals surface area contributed by atoms with Gasteiger partial charge in [0.25, 0.3) is 0 Å². The van der Waals surface area contributed by atoms with E-state index < -0.39 is 5.41 Å². The van der Waals surface area contributed by atoms with Crippen molar-refractivity contribution in [2.24, 2.45) is 0 Å². The molecule has 1 atom stereocenters. The molecule has 1 aliphatic rings. The van der Waals surface area contributed by atoms with E-state index in [1.807, 2.05) is 54.6 Å². The van der Waals surface area contributed by atoms with Gasteiger partial charge in [0.1, 0.15) is 0 Å². The average molecular weight is 366 g/mol. The molecular weight excluding hydrogens is 340 g/mol. The van der Waals surface area contributed by atoms with Crippen LogP contribution in [0.15, 0.2) is 54.6 Å². The molecule has 3 rings (SSSR count). The molecule has 0 aliphatic carbocycles. The van der Waals surface area contributed by atoms with Gasteiger partial charge in [-0.3, -0.25) is 9.59 Å². The van der Waals surface area contributed by atoms with E-state index in [1.165, 1.54) is 0 Å². The number of nitrogens with zero attached hydrogens (tertiary/aromatic N) is 1. The zero-order valence-electron chi connectivity index (χ0n) is 15.6. The van der Waals surface area contributed by atoms with Gasteiger partial charge in [0.2, 0.25) is 11.8 Å². The summed E-state index contributed by atoms with van der Waals surface area (Å²) in [5.41, 5.74) is 2.25. The van der Waals surface area contributed by atoms with Crippen molar-refractivity contribution >= 4 is 17.5 Å². The smallest absolute Gasteiger partial charge is 0.237 e. The molecule has 0 spiro atoms. The van der Waals surface area contributed by atoms with E-state index in [-0.39, 0.29) is 24.8 Å². The summed E-state index contributed by atoms with van der Waals surface area (Å²) in [6.45, 7) is 0.500. The van der Waals surface area contributed by atoms with Gasteiger partial charge in [0.05, 0.1) is 5.41 Å². The third-order valence-corrected chi connectivity index (χ3v) is 5.28. The first-order valence-electron chi connectivity index (χ1n) is 9.37. The summed E-state index contributed by atoms with van der Waals surface area (Å²) in [6, 6.07) is 17.8. The zero-order valence-corrected chi connectivity index (χ0v) is 15.6. The van der Waals surface area contributed by atoms with E-state index in [2.05, 4.69) is 5.32 Å². The minimum absolute atomic E-state index is 0.0377. The molecule has 2 aromatic carbocycles. The van der Waals surface area contributed by atoms with Gasteiger partial charge < -0.3 is 15.3 Å². The van der Waals surface area contributed by atoms with E-state index >= 15 is 0 Å². The second-order valence-electron chi connectivity index (χ2n) is 7.05. The zero-order chi connectivity index (χ0) is 19.3. The van der Waals surface area contributed by atoms with E-state index in [1.54, 1.807) is 11.9 Å². The fourth-order valence-electron chi connectivity index (χ4n) is 3.88. The number of anilines is 1. The highest BCUT2D eigenvalue weighted by molar-refractivity contribution is 6.08. The number of carbonyl (C=O) groups is 2. The van der Waals surface area contributed by atoms with Gasteiger partial charge in [-0.05, 0) is 36.5 Å². The summed E-state index contributed by atoms with van der Waals surface area (Å²) < 4.78 is 0. The topological polar surface area (TPSA) is 69.6 Å². The molecule has 0 aromatic heterocycles. The number of hydrogen-bond acceptors (Lipinski definition) is 3. The molecule has 1 unspecified atom stereocenters. The number of para-hydroxylation sites is 1. The Morgan fingerprint density at radius 2 is 1.81 bits per heavy atom. The molecule has 2 aromatic rings. The third kappa shape index (κ3) is 3.88. The van der Waals surface area contributed by atoms with E-state index in [9.17, 15) is 9.59 Å². The lowest BCUT2D eigenvalue weighted by molar-refractivity contribution is -0.124. The quantitative estimate of drug-likeness (QED) is 0.705. The normalized spacial score (nSPS) is 18.4. The van der Waals surface area contributed by atoms with Crippen molar-refractivity contribution in [1.82, 2.24) is 5.32 Å². The maximum Gasteiger partial charge on any atom is 0.237 e. The average Bonchev–Trinajstić information content (AvgIpc) is 2.90. The number of hydrogen-bond donors (Lipinski definition) is 2. The van der Waals surface area contributed by atoms with Gasteiger partial charge in [-0.25, -0.2) is 0 Å². The lowest BCUT2D eigenvalue weighted by Crippen LogP contribution is -2.41. The molecule has 0 saturated heterocycles. The number of likely N-dealkylation sites (N-methyl/N-ethyl adjacent to an activating group) is 1. The minimum Gasteiger partial charge on any atom is -0.396 e. The number of aliphatic hydroxyl groups is 1. The molecule has 0 bridgehead atoms. The van der Waals surface area contributed by atoms with Gasteiger partial charge >= 0.3 is 0 Å². The molecule has 27 heavy (non-hydrogen) atoms. The minimum atomic E-state index is -0.735. The van der Waals surface area contributed by atoms with E-state index in [0.717, 1.165) is 16.8 Å². The summed E-state index contributed by atoms with van der Waals surface area (Å²) in [4.78, 5) is 27.3. The van der Waals surface area contributed by atoms with Crippen LogP contribution in [0.1, 0.15) is 30.4 Å². The number of aliphatic hydroxyl groups excluding tert-OH is 1. The van der Waals surface area contributed by atoms with Crippen LogP contribution in [0.5, 0.6) is 0 Å². The van der Waals surface area contributed by atoms with Gasteiger partial charge in [0, 0.05) is 32.3 Å². The maximum absolute atomic E-state index is 13.3. The predicted molar refractivity (Wildman–Crippen MR) is 106 cm³/mol. The van der Waals surface area contributed by atoms with Crippen molar-refractivity contribution in [2.75, 3.05) is 25.1 Å². The van der Waals surface area contributed by atoms with Crippen molar-refractivity contribution in [1.29, 1.82) is 0 Å². The Balaban J connectivity index is 1.89. The molecule has 2 amide bonds. The van der Waals surface area contributed by atoms with Crippen LogP contribution >= 0.6 is 0 Å². The molecule has 1 aliphatic heterocycles. The lowest BCUT2D eigenvalue weighted by Gasteiger charge is -2.28. The molecule has 0 saturated carbocycles. The van der Waals surface area contributed by atoms with Crippen LogP contribution in [-0.2, 0) is 21.4 Å². The van der Waals surface area contributed by atoms with Crippen LogP contribution in [0, 0.1) is 0 Å². The highest BCUT2D eigenvalue weighted by atomic mass is 16.3. The summed E-state index contributed by atoms with van der Waals surface area (Å²) in [5.74, 6) is -0.0496. The molecular formula is C22H26N2O3. The molecule has 0 fully saturated rings. The number of rotatable bonds is 8. The van der Waals surface area contributed by atoms with Crippen LogP contribution in [-0.4, -0.2) is 37.1 Å². The maximum atomic E-state index is 13.3.